The van der Waals surface area contributed by atoms with E-state index in [0.717, 1.165) is 28.1 Å². The average molecular weight is 479 g/mol. The van der Waals surface area contributed by atoms with Crippen LogP contribution in [-0.2, 0) is 30.8 Å². The summed E-state index contributed by atoms with van der Waals surface area (Å²) in [5.74, 6) is -2.96. The fourth-order valence-electron chi connectivity index (χ4n) is 2.95. The van der Waals surface area contributed by atoms with Crippen LogP contribution in [0.4, 0.5) is 9.18 Å². The van der Waals surface area contributed by atoms with Crippen LogP contribution in [-0.4, -0.2) is 63.5 Å². The molecule has 1 heterocycles. The summed E-state index contributed by atoms with van der Waals surface area (Å²) in [5, 5.41) is 4.48. The fraction of sp³-hybridized carbons (Fsp3) is 0.286. The molecule has 0 radical (unpaired) electrons. The molecule has 0 aromatic heterocycles. The third kappa shape index (κ3) is 6.57. The lowest BCUT2D eigenvalue weighted by atomic mass is 10.2. The van der Waals surface area contributed by atoms with E-state index in [4.69, 9.17) is 9.47 Å². The van der Waals surface area contributed by atoms with Crippen molar-refractivity contribution in [3.05, 3.63) is 65.5 Å². The Kier molecular flexibility index (Phi) is 8.09. The molecule has 2 N–H and O–H groups in total. The largest absolute Gasteiger partial charge is 0.452 e. The first kappa shape index (κ1) is 24.3. The number of nitrogens with zero attached hydrogens (tertiary/aromatic N) is 1. The number of esters is 1. The molecule has 1 saturated heterocycles. The Hall–Kier alpha value is -3.35. The number of halogens is 1. The molecule has 1 fully saturated rings. The number of nitrogens with one attached hydrogen (secondary N) is 2. The zero-order valence-electron chi connectivity index (χ0n) is 17.5. The molecule has 0 unspecified atom stereocenters. The number of morpholine rings is 1. The maximum Gasteiger partial charge on any atom is 0.338 e. The number of hydrogen-bond donors (Lipinski definition) is 2. The summed E-state index contributed by atoms with van der Waals surface area (Å²) in [6.07, 6.45) is 0. The Morgan fingerprint density at radius 2 is 1.76 bits per heavy atom. The van der Waals surface area contributed by atoms with Gasteiger partial charge in [0, 0.05) is 19.6 Å². The molecule has 3 amide bonds. The monoisotopic (exact) mass is 479 g/mol. The zero-order valence-corrected chi connectivity index (χ0v) is 18.3. The molecule has 10 nitrogen and oxygen atoms in total. The van der Waals surface area contributed by atoms with Crippen LogP contribution in [0.5, 0.6) is 0 Å². The van der Waals surface area contributed by atoms with E-state index in [2.05, 4.69) is 5.32 Å². The second-order valence-electron chi connectivity index (χ2n) is 6.95. The van der Waals surface area contributed by atoms with Crippen molar-refractivity contribution < 1.29 is 36.7 Å². The number of carbonyl (C=O) groups excluding carboxylic acids is 3. The van der Waals surface area contributed by atoms with E-state index in [1.165, 1.54) is 0 Å². The minimum Gasteiger partial charge on any atom is -0.452 e. The van der Waals surface area contributed by atoms with Crippen molar-refractivity contribution in [1.29, 1.82) is 0 Å². The molecule has 0 atom stereocenters. The summed E-state index contributed by atoms with van der Waals surface area (Å²) in [4.78, 5) is 35.2. The van der Waals surface area contributed by atoms with Gasteiger partial charge in [0.15, 0.2) is 6.61 Å². The molecule has 176 valence electrons. The first-order chi connectivity index (χ1) is 15.8. The topological polar surface area (TPSA) is 131 Å². The number of benzene rings is 2. The molecule has 0 bridgehead atoms. The van der Waals surface area contributed by atoms with Gasteiger partial charge in [-0.15, -0.1) is 0 Å². The number of amides is 3. The number of ether oxygens (including phenoxy) is 2. The number of sulfonamides is 1. The van der Waals surface area contributed by atoms with Crippen molar-refractivity contribution in [2.75, 3.05) is 32.9 Å². The lowest BCUT2D eigenvalue weighted by Crippen LogP contribution is -2.41. The molecule has 1 aliphatic rings. The molecular formula is C21H22FN3O7S. The smallest absolute Gasteiger partial charge is 0.338 e. The highest BCUT2D eigenvalue weighted by Crippen LogP contribution is 2.22. The van der Waals surface area contributed by atoms with Gasteiger partial charge in [-0.2, -0.15) is 4.31 Å². The van der Waals surface area contributed by atoms with Crippen LogP contribution in [0.15, 0.2) is 53.4 Å². The van der Waals surface area contributed by atoms with Crippen LogP contribution in [0.1, 0.15) is 15.9 Å². The maximum absolute atomic E-state index is 14.2. The minimum atomic E-state index is -4.19. The summed E-state index contributed by atoms with van der Waals surface area (Å²) < 4.78 is 50.6. The number of urea groups is 1. The maximum atomic E-state index is 14.2. The second kappa shape index (κ2) is 11.0. The predicted octanol–water partition coefficient (Wildman–Crippen LogP) is 1.03. The van der Waals surface area contributed by atoms with Gasteiger partial charge in [-0.1, -0.05) is 30.3 Å². The van der Waals surface area contributed by atoms with Gasteiger partial charge >= 0.3 is 12.0 Å². The van der Waals surface area contributed by atoms with Gasteiger partial charge in [-0.25, -0.2) is 22.4 Å². The second-order valence-corrected chi connectivity index (χ2v) is 8.86. The Bertz CT molecular complexity index is 1120. The van der Waals surface area contributed by atoms with Gasteiger partial charge in [0.25, 0.3) is 5.91 Å². The molecule has 33 heavy (non-hydrogen) atoms. The van der Waals surface area contributed by atoms with Crippen molar-refractivity contribution >= 4 is 27.9 Å². The highest BCUT2D eigenvalue weighted by atomic mass is 32.2. The summed E-state index contributed by atoms with van der Waals surface area (Å²) in [6, 6.07) is 11.0. The summed E-state index contributed by atoms with van der Waals surface area (Å²) in [6.45, 7) is -0.130. The molecular weight excluding hydrogens is 457 g/mol. The zero-order chi connectivity index (χ0) is 23.8. The highest BCUT2D eigenvalue weighted by Gasteiger charge is 2.30. The van der Waals surface area contributed by atoms with Crippen LogP contribution >= 0.6 is 0 Å². The molecule has 0 spiro atoms. The molecule has 2 aromatic rings. The summed E-state index contributed by atoms with van der Waals surface area (Å²) in [7, 11) is -4.19. The normalized spacial score (nSPS) is 14.3. The van der Waals surface area contributed by atoms with Crippen molar-refractivity contribution in [3.63, 3.8) is 0 Å². The van der Waals surface area contributed by atoms with Crippen LogP contribution in [0.3, 0.4) is 0 Å². The quantitative estimate of drug-likeness (QED) is 0.567. The van der Waals surface area contributed by atoms with Crippen LogP contribution in [0.2, 0.25) is 0 Å². The van der Waals surface area contributed by atoms with E-state index in [1.54, 1.807) is 24.3 Å². The number of hydrogen-bond acceptors (Lipinski definition) is 7. The van der Waals surface area contributed by atoms with Gasteiger partial charge in [-0.3, -0.25) is 10.1 Å². The highest BCUT2D eigenvalue weighted by molar-refractivity contribution is 7.89. The number of carbonyl (C=O) groups is 3. The Morgan fingerprint density at radius 1 is 1.06 bits per heavy atom. The van der Waals surface area contributed by atoms with E-state index in [9.17, 15) is 27.2 Å². The lowest BCUT2D eigenvalue weighted by molar-refractivity contribution is -0.123. The fourth-order valence-corrected chi connectivity index (χ4v) is 4.45. The first-order valence-electron chi connectivity index (χ1n) is 9.93. The van der Waals surface area contributed by atoms with Gasteiger partial charge in [-0.05, 0) is 23.8 Å². The van der Waals surface area contributed by atoms with Crippen molar-refractivity contribution in [1.82, 2.24) is 14.9 Å². The SMILES string of the molecule is O=C(COC(=O)c1ccc(F)c(S(=O)(=O)N2CCOCC2)c1)NC(=O)NCc1ccccc1. The Labute approximate surface area is 189 Å². The minimum absolute atomic E-state index is 0.0585. The van der Waals surface area contributed by atoms with Crippen molar-refractivity contribution in [3.8, 4) is 0 Å². The lowest BCUT2D eigenvalue weighted by Gasteiger charge is -2.26. The third-order valence-electron chi connectivity index (χ3n) is 4.64. The van der Waals surface area contributed by atoms with Crippen LogP contribution in [0, 0.1) is 5.82 Å². The molecule has 2 aromatic carbocycles. The van der Waals surface area contributed by atoms with Crippen molar-refractivity contribution in [2.45, 2.75) is 11.4 Å². The van der Waals surface area contributed by atoms with Gasteiger partial charge in [0.2, 0.25) is 10.0 Å². The number of rotatable bonds is 7. The van der Waals surface area contributed by atoms with E-state index in [-0.39, 0.29) is 38.4 Å². The molecule has 0 aliphatic carbocycles. The van der Waals surface area contributed by atoms with Crippen LogP contribution in [0.25, 0.3) is 0 Å². The van der Waals surface area contributed by atoms with Gasteiger partial charge < -0.3 is 14.8 Å². The predicted molar refractivity (Wildman–Crippen MR) is 113 cm³/mol. The van der Waals surface area contributed by atoms with E-state index >= 15 is 0 Å². The van der Waals surface area contributed by atoms with Gasteiger partial charge in [0.05, 0.1) is 18.8 Å². The summed E-state index contributed by atoms with van der Waals surface area (Å²) >= 11 is 0. The standard InChI is InChI=1S/C21H22FN3O7S/c22-17-7-6-16(12-18(17)33(29,30)25-8-10-31-11-9-25)20(27)32-14-19(26)24-21(28)23-13-15-4-2-1-3-5-15/h1-7,12H,8-11,13-14H2,(H2,23,24,26,28). The Balaban J connectivity index is 1.55. The molecule has 1 aliphatic heterocycles. The van der Waals surface area contributed by atoms with E-state index in [1.807, 2.05) is 11.4 Å². The average Bonchev–Trinajstić information content (AvgIpc) is 2.82. The molecule has 12 heteroatoms. The third-order valence-corrected chi connectivity index (χ3v) is 6.55. The summed E-state index contributed by atoms with van der Waals surface area (Å²) in [5.41, 5.74) is 0.565. The van der Waals surface area contributed by atoms with E-state index in [0.29, 0.717) is 0 Å². The van der Waals surface area contributed by atoms with Gasteiger partial charge in [0.1, 0.15) is 10.7 Å². The first-order valence-corrected chi connectivity index (χ1v) is 11.4. The van der Waals surface area contributed by atoms with Crippen LogP contribution < -0.4 is 10.6 Å². The Morgan fingerprint density at radius 3 is 2.45 bits per heavy atom. The van der Waals surface area contributed by atoms with E-state index < -0.39 is 45.3 Å². The molecule has 0 saturated carbocycles. The van der Waals surface area contributed by atoms with Crippen molar-refractivity contribution in [2.24, 2.45) is 0 Å². The number of imide groups is 1. The molecule has 3 rings (SSSR count).